The number of rotatable bonds is 6. The lowest BCUT2D eigenvalue weighted by Crippen LogP contribution is -2.43. The Morgan fingerprint density at radius 3 is 2.59 bits per heavy atom. The smallest absolute Gasteiger partial charge is 0.243 e. The highest BCUT2D eigenvalue weighted by Gasteiger charge is 2.33. The number of aryl methyl sites for hydroxylation is 1. The van der Waals surface area contributed by atoms with Crippen LogP contribution in [-0.2, 0) is 21.2 Å². The van der Waals surface area contributed by atoms with Crippen LogP contribution in [0.3, 0.4) is 0 Å². The number of methoxy groups -OCH3 is 1. The van der Waals surface area contributed by atoms with E-state index in [1.165, 1.54) is 35.2 Å². The number of amides is 1. The average molecular weight is 437 g/mol. The van der Waals surface area contributed by atoms with Crippen molar-refractivity contribution in [1.29, 1.82) is 0 Å². The number of carbonyl (C=O) groups excluding carboxylic acids is 1. The van der Waals surface area contributed by atoms with Crippen LogP contribution in [0.2, 0.25) is 5.02 Å². The number of sulfonamides is 1. The molecule has 0 bridgehead atoms. The van der Waals surface area contributed by atoms with E-state index in [0.717, 1.165) is 6.42 Å². The zero-order chi connectivity index (χ0) is 21.0. The largest absolute Gasteiger partial charge is 0.495 e. The van der Waals surface area contributed by atoms with Gasteiger partial charge in [0.15, 0.2) is 0 Å². The van der Waals surface area contributed by atoms with Crippen molar-refractivity contribution in [1.82, 2.24) is 4.31 Å². The molecule has 2 aromatic rings. The predicted octanol–water partition coefficient (Wildman–Crippen LogP) is 3.95. The Morgan fingerprint density at radius 2 is 1.97 bits per heavy atom. The second kappa shape index (κ2) is 9.15. The molecule has 3 rings (SSSR count). The zero-order valence-corrected chi connectivity index (χ0v) is 18.1. The first-order valence-corrected chi connectivity index (χ1v) is 11.4. The van der Waals surface area contributed by atoms with Crippen molar-refractivity contribution in [3.8, 4) is 5.75 Å². The van der Waals surface area contributed by atoms with Gasteiger partial charge in [-0.15, -0.1) is 0 Å². The lowest BCUT2D eigenvalue weighted by molar-refractivity contribution is -0.120. The van der Waals surface area contributed by atoms with Crippen molar-refractivity contribution in [2.45, 2.75) is 31.1 Å². The highest BCUT2D eigenvalue weighted by molar-refractivity contribution is 7.89. The molecule has 1 saturated heterocycles. The molecule has 0 spiro atoms. The van der Waals surface area contributed by atoms with Crippen LogP contribution in [0.15, 0.2) is 47.4 Å². The second-order valence-corrected chi connectivity index (χ2v) is 9.38. The molecule has 1 amide bonds. The van der Waals surface area contributed by atoms with Crippen molar-refractivity contribution in [3.63, 3.8) is 0 Å². The Labute approximate surface area is 176 Å². The normalized spacial score (nSPS) is 17.7. The van der Waals surface area contributed by atoms with Crippen molar-refractivity contribution < 1.29 is 17.9 Å². The van der Waals surface area contributed by atoms with Gasteiger partial charge < -0.3 is 10.1 Å². The van der Waals surface area contributed by atoms with Gasteiger partial charge in [0, 0.05) is 18.8 Å². The minimum absolute atomic E-state index is 0.0968. The van der Waals surface area contributed by atoms with Gasteiger partial charge in [0.1, 0.15) is 5.75 Å². The summed E-state index contributed by atoms with van der Waals surface area (Å²) in [4.78, 5) is 12.8. The molecule has 0 saturated carbocycles. The van der Waals surface area contributed by atoms with Gasteiger partial charge in [0.25, 0.3) is 0 Å². The van der Waals surface area contributed by atoms with E-state index in [-0.39, 0.29) is 22.4 Å². The fraction of sp³-hybridized carbons (Fsp3) is 0.381. The Bertz CT molecular complexity index is 977. The van der Waals surface area contributed by atoms with Gasteiger partial charge in [-0.25, -0.2) is 8.42 Å². The van der Waals surface area contributed by atoms with Gasteiger partial charge in [-0.1, -0.05) is 30.7 Å². The van der Waals surface area contributed by atoms with E-state index in [0.29, 0.717) is 30.8 Å². The molecule has 2 aromatic carbocycles. The van der Waals surface area contributed by atoms with Crippen molar-refractivity contribution >= 4 is 33.2 Å². The van der Waals surface area contributed by atoms with Crippen LogP contribution in [0.25, 0.3) is 0 Å². The number of ether oxygens (including phenoxy) is 1. The second-order valence-electron chi connectivity index (χ2n) is 7.04. The van der Waals surface area contributed by atoms with Crippen molar-refractivity contribution in [2.75, 3.05) is 25.5 Å². The number of nitrogens with zero attached hydrogens (tertiary/aromatic N) is 1. The monoisotopic (exact) mass is 436 g/mol. The molecular weight excluding hydrogens is 412 g/mol. The third kappa shape index (κ3) is 4.91. The van der Waals surface area contributed by atoms with Crippen LogP contribution in [-0.4, -0.2) is 38.8 Å². The summed E-state index contributed by atoms with van der Waals surface area (Å²) in [6.07, 6.45) is 2.20. The van der Waals surface area contributed by atoms with Crippen LogP contribution in [0.5, 0.6) is 5.75 Å². The fourth-order valence-electron chi connectivity index (χ4n) is 3.40. The molecule has 1 N–H and O–H groups in total. The van der Waals surface area contributed by atoms with E-state index >= 15 is 0 Å². The summed E-state index contributed by atoms with van der Waals surface area (Å²) >= 11 is 6.09. The summed E-state index contributed by atoms with van der Waals surface area (Å²) in [5.41, 5.74) is 1.91. The standard InChI is InChI=1S/C21H25ClN2O4S/c1-3-15-6-8-17(9-7-15)23-21(25)16-5-4-12-24(14-16)29(26,27)18-10-11-20(28-2)19(22)13-18/h6-11,13,16H,3-5,12,14H2,1-2H3,(H,23,25). The first kappa shape index (κ1) is 21.6. The number of halogens is 1. The Kier molecular flexibility index (Phi) is 6.82. The average Bonchev–Trinajstić information content (AvgIpc) is 2.74. The first-order valence-electron chi connectivity index (χ1n) is 9.58. The third-order valence-corrected chi connectivity index (χ3v) is 7.30. The summed E-state index contributed by atoms with van der Waals surface area (Å²) in [5.74, 6) is -0.157. The van der Waals surface area contributed by atoms with Gasteiger partial charge in [0.05, 0.1) is 22.9 Å². The number of nitrogens with one attached hydrogen (secondary N) is 1. The molecule has 29 heavy (non-hydrogen) atoms. The van der Waals surface area contributed by atoms with Crippen LogP contribution in [0.1, 0.15) is 25.3 Å². The molecule has 1 aliphatic heterocycles. The summed E-state index contributed by atoms with van der Waals surface area (Å²) in [6, 6.07) is 12.1. The summed E-state index contributed by atoms with van der Waals surface area (Å²) in [5, 5.41) is 3.13. The van der Waals surface area contributed by atoms with Gasteiger partial charge in [-0.05, 0) is 55.2 Å². The zero-order valence-electron chi connectivity index (χ0n) is 16.5. The molecule has 1 atom stereocenters. The minimum atomic E-state index is -3.74. The molecule has 1 aliphatic rings. The Balaban J connectivity index is 1.71. The van der Waals surface area contributed by atoms with E-state index in [9.17, 15) is 13.2 Å². The summed E-state index contributed by atoms with van der Waals surface area (Å²) < 4.78 is 32.5. The maximum Gasteiger partial charge on any atom is 0.243 e. The van der Waals surface area contributed by atoms with Gasteiger partial charge >= 0.3 is 0 Å². The van der Waals surface area contributed by atoms with E-state index < -0.39 is 15.9 Å². The SMILES string of the molecule is CCc1ccc(NC(=O)C2CCCN(S(=O)(=O)c3ccc(OC)c(Cl)c3)C2)cc1. The van der Waals surface area contributed by atoms with Crippen LogP contribution >= 0.6 is 11.6 Å². The first-order chi connectivity index (χ1) is 13.8. The van der Waals surface area contributed by atoms with E-state index in [4.69, 9.17) is 16.3 Å². The fourth-order valence-corrected chi connectivity index (χ4v) is 5.27. The lowest BCUT2D eigenvalue weighted by Gasteiger charge is -2.31. The third-order valence-electron chi connectivity index (χ3n) is 5.15. The number of benzene rings is 2. The summed E-state index contributed by atoms with van der Waals surface area (Å²) in [7, 11) is -2.27. The highest BCUT2D eigenvalue weighted by atomic mass is 35.5. The molecule has 1 fully saturated rings. The topological polar surface area (TPSA) is 75.7 Å². The van der Waals surface area contributed by atoms with Crippen LogP contribution in [0, 0.1) is 5.92 Å². The maximum atomic E-state index is 13.0. The predicted molar refractivity (Wildman–Crippen MR) is 114 cm³/mol. The molecular formula is C21H25ClN2O4S. The van der Waals surface area contributed by atoms with Gasteiger partial charge in [0.2, 0.25) is 15.9 Å². The van der Waals surface area contributed by atoms with Crippen LogP contribution < -0.4 is 10.1 Å². The molecule has 1 unspecified atom stereocenters. The lowest BCUT2D eigenvalue weighted by atomic mass is 9.98. The van der Waals surface area contributed by atoms with Gasteiger partial charge in [-0.2, -0.15) is 4.31 Å². The highest BCUT2D eigenvalue weighted by Crippen LogP contribution is 2.30. The van der Waals surface area contributed by atoms with Crippen molar-refractivity contribution in [3.05, 3.63) is 53.1 Å². The quantitative estimate of drug-likeness (QED) is 0.743. The number of carbonyl (C=O) groups is 1. The van der Waals surface area contributed by atoms with E-state index in [2.05, 4.69) is 12.2 Å². The number of anilines is 1. The number of hydrogen-bond acceptors (Lipinski definition) is 4. The Morgan fingerprint density at radius 1 is 1.24 bits per heavy atom. The molecule has 0 radical (unpaired) electrons. The maximum absolute atomic E-state index is 13.0. The molecule has 156 valence electrons. The Hall–Kier alpha value is -2.09. The molecule has 0 aromatic heterocycles. The van der Waals surface area contributed by atoms with E-state index in [1.54, 1.807) is 0 Å². The summed E-state index contributed by atoms with van der Waals surface area (Å²) in [6.45, 7) is 2.59. The van der Waals surface area contributed by atoms with Crippen LogP contribution in [0.4, 0.5) is 5.69 Å². The van der Waals surface area contributed by atoms with E-state index in [1.807, 2.05) is 24.3 Å². The number of piperidine rings is 1. The minimum Gasteiger partial charge on any atom is -0.495 e. The molecule has 1 heterocycles. The molecule has 6 nitrogen and oxygen atoms in total. The molecule has 8 heteroatoms. The molecule has 0 aliphatic carbocycles. The van der Waals surface area contributed by atoms with Crippen molar-refractivity contribution in [2.24, 2.45) is 5.92 Å². The number of hydrogen-bond donors (Lipinski definition) is 1. The van der Waals surface area contributed by atoms with Gasteiger partial charge in [-0.3, -0.25) is 4.79 Å².